The van der Waals surface area contributed by atoms with Crippen molar-refractivity contribution in [3.63, 3.8) is 0 Å². The van der Waals surface area contributed by atoms with E-state index in [-0.39, 0.29) is 30.5 Å². The number of rotatable bonds is 6. The minimum Gasteiger partial charge on any atom is -0.489 e. The van der Waals surface area contributed by atoms with E-state index >= 15 is 0 Å². The van der Waals surface area contributed by atoms with E-state index in [1.165, 1.54) is 17.2 Å². The van der Waals surface area contributed by atoms with E-state index in [2.05, 4.69) is 10.1 Å². The number of benzene rings is 1. The van der Waals surface area contributed by atoms with Gasteiger partial charge in [0.1, 0.15) is 12.3 Å². The lowest BCUT2D eigenvalue weighted by Crippen LogP contribution is -2.31. The molecule has 0 fully saturated rings. The van der Waals surface area contributed by atoms with Gasteiger partial charge in [-0.3, -0.25) is 4.79 Å². The fourth-order valence-corrected chi connectivity index (χ4v) is 2.98. The Hall–Kier alpha value is -3.68. The highest BCUT2D eigenvalue weighted by molar-refractivity contribution is 6.06. The van der Waals surface area contributed by atoms with Crippen molar-refractivity contribution in [1.82, 2.24) is 15.0 Å². The molecule has 8 heteroatoms. The maximum absolute atomic E-state index is 13.7. The number of aryl methyl sites for hydroxylation is 1. The van der Waals surface area contributed by atoms with Crippen LogP contribution in [0, 0.1) is 12.7 Å². The molecule has 0 radical (unpaired) electrons. The summed E-state index contributed by atoms with van der Waals surface area (Å²) < 4.78 is 29.8. The van der Waals surface area contributed by atoms with E-state index in [0.29, 0.717) is 28.1 Å². The molecular weight excluding hydrogens is 377 g/mol. The van der Waals surface area contributed by atoms with Gasteiger partial charge >= 0.3 is 0 Å². The normalized spacial score (nSPS) is 11.0. The third-order valence-corrected chi connectivity index (χ3v) is 4.49. The zero-order valence-electron chi connectivity index (χ0n) is 15.9. The minimum atomic E-state index is -0.444. The van der Waals surface area contributed by atoms with Gasteiger partial charge < -0.3 is 18.6 Å². The third-order valence-electron chi connectivity index (χ3n) is 4.49. The Kier molecular flexibility index (Phi) is 4.99. The van der Waals surface area contributed by atoms with Crippen LogP contribution in [0.2, 0.25) is 0 Å². The molecule has 0 N–H and O–H groups in total. The van der Waals surface area contributed by atoms with Crippen molar-refractivity contribution in [2.24, 2.45) is 0 Å². The van der Waals surface area contributed by atoms with Crippen molar-refractivity contribution in [3.05, 3.63) is 65.8 Å². The van der Waals surface area contributed by atoms with Gasteiger partial charge in [-0.1, -0.05) is 17.3 Å². The number of carbonyl (C=O) groups is 1. The first-order valence-electron chi connectivity index (χ1n) is 8.98. The van der Waals surface area contributed by atoms with E-state index in [1.54, 1.807) is 50.4 Å². The zero-order chi connectivity index (χ0) is 20.4. The molecule has 3 heterocycles. The van der Waals surface area contributed by atoms with E-state index in [4.69, 9.17) is 13.7 Å². The SMILES string of the molecule is Cc1noc2nc(-c3ccco3)cc(C(=O)N(C)CCOc3ccccc3F)c12. The number of fused-ring (bicyclic) bond motifs is 1. The molecule has 0 saturated carbocycles. The zero-order valence-corrected chi connectivity index (χ0v) is 15.9. The van der Waals surface area contributed by atoms with Crippen LogP contribution in [-0.2, 0) is 0 Å². The van der Waals surface area contributed by atoms with Gasteiger partial charge in [0.2, 0.25) is 0 Å². The maximum Gasteiger partial charge on any atom is 0.259 e. The lowest BCUT2D eigenvalue weighted by Gasteiger charge is -2.18. The smallest absolute Gasteiger partial charge is 0.259 e. The first-order valence-corrected chi connectivity index (χ1v) is 8.98. The predicted octanol–water partition coefficient (Wildman–Crippen LogP) is 4.08. The molecule has 4 rings (SSSR count). The van der Waals surface area contributed by atoms with Crippen LogP contribution in [0.1, 0.15) is 16.1 Å². The third kappa shape index (κ3) is 3.69. The van der Waals surface area contributed by atoms with Gasteiger partial charge in [-0.25, -0.2) is 9.37 Å². The van der Waals surface area contributed by atoms with E-state index in [9.17, 15) is 9.18 Å². The molecule has 1 aromatic carbocycles. The second-order valence-electron chi connectivity index (χ2n) is 6.49. The Morgan fingerprint density at radius 1 is 1.24 bits per heavy atom. The van der Waals surface area contributed by atoms with Crippen LogP contribution in [-0.4, -0.2) is 41.1 Å². The summed E-state index contributed by atoms with van der Waals surface area (Å²) in [5.74, 6) is -0.0377. The molecule has 7 nitrogen and oxygen atoms in total. The van der Waals surface area contributed by atoms with Crippen LogP contribution in [0.5, 0.6) is 5.75 Å². The number of furan rings is 1. The Balaban J connectivity index is 1.57. The summed E-state index contributed by atoms with van der Waals surface area (Å²) in [4.78, 5) is 19.0. The number of nitrogens with zero attached hydrogens (tertiary/aromatic N) is 3. The number of likely N-dealkylation sites (N-methyl/N-ethyl adjacent to an activating group) is 1. The number of para-hydroxylation sites is 1. The van der Waals surface area contributed by atoms with E-state index in [0.717, 1.165) is 0 Å². The average molecular weight is 395 g/mol. The van der Waals surface area contributed by atoms with Crippen molar-refractivity contribution in [3.8, 4) is 17.2 Å². The van der Waals surface area contributed by atoms with Gasteiger partial charge in [-0.05, 0) is 37.3 Å². The largest absolute Gasteiger partial charge is 0.489 e. The molecule has 0 aliphatic rings. The first kappa shape index (κ1) is 18.7. The van der Waals surface area contributed by atoms with Crippen LogP contribution in [0.3, 0.4) is 0 Å². The molecule has 0 aliphatic carbocycles. The van der Waals surface area contributed by atoms with Crippen molar-refractivity contribution in [1.29, 1.82) is 0 Å². The van der Waals surface area contributed by atoms with E-state index < -0.39 is 5.82 Å². The van der Waals surface area contributed by atoms with Gasteiger partial charge in [0.05, 0.1) is 29.5 Å². The fourth-order valence-electron chi connectivity index (χ4n) is 2.98. The number of pyridine rings is 1. The molecule has 29 heavy (non-hydrogen) atoms. The van der Waals surface area contributed by atoms with Crippen molar-refractivity contribution in [2.45, 2.75) is 6.92 Å². The summed E-state index contributed by atoms with van der Waals surface area (Å²) in [6.07, 6.45) is 1.53. The Morgan fingerprint density at radius 2 is 2.07 bits per heavy atom. The van der Waals surface area contributed by atoms with Crippen LogP contribution < -0.4 is 4.74 Å². The van der Waals surface area contributed by atoms with Gasteiger partial charge in [-0.15, -0.1) is 0 Å². The molecule has 0 aliphatic heterocycles. The van der Waals surface area contributed by atoms with Crippen LogP contribution in [0.25, 0.3) is 22.6 Å². The predicted molar refractivity (Wildman–Crippen MR) is 103 cm³/mol. The van der Waals surface area contributed by atoms with Crippen LogP contribution >= 0.6 is 0 Å². The molecule has 3 aromatic heterocycles. The summed E-state index contributed by atoms with van der Waals surface area (Å²) in [5.41, 5.74) is 1.69. The highest BCUT2D eigenvalue weighted by Gasteiger charge is 2.22. The van der Waals surface area contributed by atoms with Crippen molar-refractivity contribution in [2.75, 3.05) is 20.2 Å². The Bertz CT molecular complexity index is 1150. The molecule has 0 unspecified atom stereocenters. The fraction of sp³-hybridized carbons (Fsp3) is 0.190. The molecule has 0 bridgehead atoms. The number of halogens is 1. The summed E-state index contributed by atoms with van der Waals surface area (Å²) in [6, 6.07) is 11.3. The number of aromatic nitrogens is 2. The number of ether oxygens (including phenoxy) is 1. The second kappa shape index (κ2) is 7.75. The molecular formula is C21H18FN3O4. The number of amides is 1. The average Bonchev–Trinajstić information content (AvgIpc) is 3.38. The summed E-state index contributed by atoms with van der Waals surface area (Å²) in [6.45, 7) is 2.15. The van der Waals surface area contributed by atoms with E-state index in [1.807, 2.05) is 0 Å². The van der Waals surface area contributed by atoms with Gasteiger partial charge in [0.15, 0.2) is 17.3 Å². The Labute approximate surface area is 165 Å². The summed E-state index contributed by atoms with van der Waals surface area (Å²) in [7, 11) is 1.65. The number of hydrogen-bond acceptors (Lipinski definition) is 6. The summed E-state index contributed by atoms with van der Waals surface area (Å²) in [5, 5.41) is 4.48. The molecule has 4 aromatic rings. The Morgan fingerprint density at radius 3 is 2.83 bits per heavy atom. The quantitative estimate of drug-likeness (QED) is 0.489. The highest BCUT2D eigenvalue weighted by atomic mass is 19.1. The first-order chi connectivity index (χ1) is 14.0. The topological polar surface area (TPSA) is 81.6 Å². The minimum absolute atomic E-state index is 0.144. The van der Waals surface area contributed by atoms with Crippen LogP contribution in [0.4, 0.5) is 4.39 Å². The van der Waals surface area contributed by atoms with Gasteiger partial charge in [0.25, 0.3) is 11.6 Å². The number of hydrogen-bond donors (Lipinski definition) is 0. The lowest BCUT2D eigenvalue weighted by atomic mass is 10.1. The van der Waals surface area contributed by atoms with Gasteiger partial charge in [-0.2, -0.15) is 0 Å². The highest BCUT2D eigenvalue weighted by Crippen LogP contribution is 2.28. The molecule has 1 amide bonds. The summed E-state index contributed by atoms with van der Waals surface area (Å²) >= 11 is 0. The van der Waals surface area contributed by atoms with Gasteiger partial charge in [0, 0.05) is 7.05 Å². The monoisotopic (exact) mass is 395 g/mol. The molecule has 0 spiro atoms. The van der Waals surface area contributed by atoms with Crippen molar-refractivity contribution < 1.29 is 22.9 Å². The standard InChI is InChI=1S/C21H18FN3O4/c1-13-19-14(12-16(18-8-5-10-27-18)23-20(19)29-24-13)21(26)25(2)9-11-28-17-7-4-3-6-15(17)22/h3-8,10,12H,9,11H2,1-2H3. The lowest BCUT2D eigenvalue weighted by molar-refractivity contribution is 0.0774. The molecule has 0 atom stereocenters. The second-order valence-corrected chi connectivity index (χ2v) is 6.49. The van der Waals surface area contributed by atoms with Crippen molar-refractivity contribution >= 4 is 17.0 Å². The molecule has 0 saturated heterocycles. The number of carbonyl (C=O) groups excluding carboxylic acids is 1. The van der Waals surface area contributed by atoms with Crippen LogP contribution in [0.15, 0.2) is 57.7 Å². The molecule has 148 valence electrons. The maximum atomic E-state index is 13.7.